The molecule has 1 aromatic carbocycles. The number of ether oxygens (including phenoxy) is 9. The zero-order valence-electron chi connectivity index (χ0n) is 37.3. The van der Waals surface area contributed by atoms with Gasteiger partial charge >= 0.3 is 0 Å². The summed E-state index contributed by atoms with van der Waals surface area (Å²) < 4.78 is 49.1. The van der Waals surface area contributed by atoms with E-state index in [1.165, 1.54) is 12.2 Å². The van der Waals surface area contributed by atoms with Gasteiger partial charge in [-0.15, -0.1) is 0 Å². The number of carbonyl (C=O) groups excluding carboxylic acids is 6. The van der Waals surface area contributed by atoms with Crippen molar-refractivity contribution in [3.05, 3.63) is 42.0 Å². The summed E-state index contributed by atoms with van der Waals surface area (Å²) in [5, 5.41) is 10.9. The normalized spacial score (nSPS) is 13.4. The molecule has 6 amide bonds. The Balaban J connectivity index is 1.31. The van der Waals surface area contributed by atoms with E-state index in [0.29, 0.717) is 125 Å². The molecule has 4 N–H and O–H groups in total. The van der Waals surface area contributed by atoms with Crippen molar-refractivity contribution in [3.8, 4) is 0 Å². The van der Waals surface area contributed by atoms with E-state index in [1.54, 1.807) is 19.1 Å². The van der Waals surface area contributed by atoms with Crippen LogP contribution in [0.15, 0.2) is 36.4 Å². The second-order valence-electron chi connectivity index (χ2n) is 14.3. The Hall–Kier alpha value is -4.38. The molecular weight excluding hydrogens is 826 g/mol. The molecule has 0 saturated carbocycles. The Kier molecular flexibility index (Phi) is 30.4. The SMILES string of the molecule is CCOCc1ccc(NC(=O)[C@H](C)NC(=O)[C@@H](NC(=O)CCOCCOCCOCCOCCOCCOCCOCCOCCNC(=O)CCN2C(=O)C=CC2=O)C(C)C)cc1. The van der Waals surface area contributed by atoms with Crippen molar-refractivity contribution in [2.45, 2.75) is 59.2 Å². The van der Waals surface area contributed by atoms with Gasteiger partial charge in [0.15, 0.2) is 0 Å². The van der Waals surface area contributed by atoms with Gasteiger partial charge in [-0.1, -0.05) is 26.0 Å². The summed E-state index contributed by atoms with van der Waals surface area (Å²) in [6, 6.07) is 5.63. The van der Waals surface area contributed by atoms with Gasteiger partial charge in [0.2, 0.25) is 23.6 Å². The maximum absolute atomic E-state index is 13.0. The lowest BCUT2D eigenvalue weighted by Gasteiger charge is -2.24. The molecule has 0 radical (unpaired) electrons. The molecule has 1 aliphatic rings. The fourth-order valence-electron chi connectivity index (χ4n) is 5.33. The van der Waals surface area contributed by atoms with Crippen LogP contribution in [0.3, 0.4) is 0 Å². The first-order valence-electron chi connectivity index (χ1n) is 21.5. The first kappa shape index (κ1) is 54.8. The van der Waals surface area contributed by atoms with Crippen LogP contribution >= 0.6 is 0 Å². The number of nitrogens with one attached hydrogen (secondary N) is 4. The summed E-state index contributed by atoms with van der Waals surface area (Å²) in [5.41, 5.74) is 1.58. The summed E-state index contributed by atoms with van der Waals surface area (Å²) in [5.74, 6) is -2.46. The van der Waals surface area contributed by atoms with E-state index in [4.69, 9.17) is 42.6 Å². The Labute approximate surface area is 370 Å². The van der Waals surface area contributed by atoms with E-state index in [9.17, 15) is 28.8 Å². The van der Waals surface area contributed by atoms with Gasteiger partial charge in [0.25, 0.3) is 11.8 Å². The first-order chi connectivity index (χ1) is 30.5. The van der Waals surface area contributed by atoms with Crippen molar-refractivity contribution in [2.75, 3.05) is 131 Å². The molecule has 1 aromatic rings. The highest BCUT2D eigenvalue weighted by atomic mass is 16.6. The van der Waals surface area contributed by atoms with Gasteiger partial charge in [0, 0.05) is 50.4 Å². The van der Waals surface area contributed by atoms with Crippen LogP contribution in [0.2, 0.25) is 0 Å². The zero-order chi connectivity index (χ0) is 45.9. The summed E-state index contributed by atoms with van der Waals surface area (Å²) in [6.07, 6.45) is 2.47. The standard InChI is InChI=1S/C43H69N5O15/c1-5-55-32-35-6-8-36(9-7-35)46-42(53)34(4)45-43(54)41(33(2)3)47-38(50)13-16-56-18-20-58-22-24-60-26-28-62-30-31-63-29-27-61-25-23-59-21-19-57-17-14-44-37(49)12-15-48-39(51)10-11-40(48)52/h6-11,33-34,41H,5,12-32H2,1-4H3,(H,44,49)(H,45,54)(H,46,53)(H,47,50)/t34-,41-/m0/s1. The van der Waals surface area contributed by atoms with Gasteiger partial charge in [-0.25, -0.2) is 0 Å². The topological polar surface area (TPSA) is 237 Å². The van der Waals surface area contributed by atoms with E-state index in [2.05, 4.69) is 21.3 Å². The molecule has 1 heterocycles. The van der Waals surface area contributed by atoms with Crippen molar-refractivity contribution in [3.63, 3.8) is 0 Å². The maximum atomic E-state index is 13.0. The fourth-order valence-corrected chi connectivity index (χ4v) is 5.33. The van der Waals surface area contributed by atoms with Crippen molar-refractivity contribution >= 4 is 41.1 Å². The summed E-state index contributed by atoms with van der Waals surface area (Å²) in [6.45, 7) is 14.6. The smallest absolute Gasteiger partial charge is 0.253 e. The second-order valence-corrected chi connectivity index (χ2v) is 14.3. The molecule has 0 saturated heterocycles. The third-order valence-electron chi connectivity index (χ3n) is 8.82. The van der Waals surface area contributed by atoms with Gasteiger partial charge in [-0.05, 0) is 37.5 Å². The van der Waals surface area contributed by atoms with E-state index in [-0.39, 0.29) is 49.6 Å². The predicted molar refractivity (Wildman–Crippen MR) is 229 cm³/mol. The van der Waals surface area contributed by atoms with Crippen LogP contribution in [0.1, 0.15) is 46.1 Å². The van der Waals surface area contributed by atoms with Gasteiger partial charge in [0.05, 0.1) is 112 Å². The lowest BCUT2D eigenvalue weighted by molar-refractivity contribution is -0.137. The second kappa shape index (κ2) is 35.0. The highest BCUT2D eigenvalue weighted by Crippen LogP contribution is 2.11. The molecule has 0 aromatic heterocycles. The molecule has 20 nitrogen and oxygen atoms in total. The number of carbonyl (C=O) groups is 6. The van der Waals surface area contributed by atoms with Crippen molar-refractivity contribution in [1.82, 2.24) is 20.9 Å². The van der Waals surface area contributed by atoms with Crippen molar-refractivity contribution in [1.29, 1.82) is 0 Å². The first-order valence-corrected chi connectivity index (χ1v) is 21.5. The number of anilines is 1. The monoisotopic (exact) mass is 895 g/mol. The molecule has 1 aliphatic heterocycles. The number of rotatable bonds is 39. The minimum atomic E-state index is -0.825. The van der Waals surface area contributed by atoms with Crippen LogP contribution in [-0.4, -0.2) is 178 Å². The Morgan fingerprint density at radius 3 is 1.48 bits per heavy atom. The predicted octanol–water partition coefficient (Wildman–Crippen LogP) is 0.761. The van der Waals surface area contributed by atoms with Crippen LogP contribution in [0.25, 0.3) is 0 Å². The van der Waals surface area contributed by atoms with E-state index in [1.807, 2.05) is 32.9 Å². The molecule has 0 fully saturated rings. The molecule has 0 unspecified atom stereocenters. The molecule has 0 aliphatic carbocycles. The molecule has 0 bridgehead atoms. The highest BCUT2D eigenvalue weighted by Gasteiger charge is 2.27. The van der Waals surface area contributed by atoms with E-state index < -0.39 is 29.8 Å². The quantitative estimate of drug-likeness (QED) is 0.0528. The largest absolute Gasteiger partial charge is 0.379 e. The minimum absolute atomic E-state index is 0.0385. The summed E-state index contributed by atoms with van der Waals surface area (Å²) in [7, 11) is 0. The molecule has 63 heavy (non-hydrogen) atoms. The molecule has 356 valence electrons. The fraction of sp³-hybridized carbons (Fsp3) is 0.674. The van der Waals surface area contributed by atoms with Crippen LogP contribution in [0.4, 0.5) is 5.69 Å². The number of nitrogens with zero attached hydrogens (tertiary/aromatic N) is 1. The number of hydrogen-bond donors (Lipinski definition) is 4. The van der Waals surface area contributed by atoms with Crippen molar-refractivity contribution in [2.24, 2.45) is 5.92 Å². The molecule has 0 spiro atoms. The lowest BCUT2D eigenvalue weighted by atomic mass is 10.0. The van der Waals surface area contributed by atoms with E-state index >= 15 is 0 Å². The average Bonchev–Trinajstić information content (AvgIpc) is 3.59. The molecule has 2 rings (SSSR count). The zero-order valence-corrected chi connectivity index (χ0v) is 37.3. The number of amides is 6. The molecule has 2 atom stereocenters. The Morgan fingerprint density at radius 1 is 0.556 bits per heavy atom. The lowest BCUT2D eigenvalue weighted by Crippen LogP contribution is -2.53. The van der Waals surface area contributed by atoms with Gasteiger partial charge < -0.3 is 63.9 Å². The summed E-state index contributed by atoms with van der Waals surface area (Å²) >= 11 is 0. The highest BCUT2D eigenvalue weighted by molar-refractivity contribution is 6.13. The maximum Gasteiger partial charge on any atom is 0.253 e. The van der Waals surface area contributed by atoms with Gasteiger partial charge in [-0.2, -0.15) is 0 Å². The Bertz CT molecular complexity index is 1480. The van der Waals surface area contributed by atoms with Gasteiger partial charge in [0.1, 0.15) is 12.1 Å². The minimum Gasteiger partial charge on any atom is -0.379 e. The van der Waals surface area contributed by atoms with Crippen LogP contribution in [0, 0.1) is 5.92 Å². The number of benzene rings is 1. The molecule has 20 heteroatoms. The average molecular weight is 896 g/mol. The van der Waals surface area contributed by atoms with Crippen LogP contribution in [-0.2, 0) is 78.0 Å². The third kappa shape index (κ3) is 26.8. The van der Waals surface area contributed by atoms with E-state index in [0.717, 1.165) is 10.5 Å². The molecular formula is C43H69N5O15. The third-order valence-corrected chi connectivity index (χ3v) is 8.82. The Morgan fingerprint density at radius 2 is 1.02 bits per heavy atom. The van der Waals surface area contributed by atoms with Crippen LogP contribution in [0.5, 0.6) is 0 Å². The van der Waals surface area contributed by atoms with Crippen LogP contribution < -0.4 is 21.3 Å². The number of imide groups is 1. The van der Waals surface area contributed by atoms with Gasteiger partial charge in [-0.3, -0.25) is 33.7 Å². The van der Waals surface area contributed by atoms with Crippen molar-refractivity contribution < 1.29 is 71.4 Å². The number of hydrogen-bond acceptors (Lipinski definition) is 15. The summed E-state index contributed by atoms with van der Waals surface area (Å²) in [4.78, 5) is 74.0.